The van der Waals surface area contributed by atoms with Gasteiger partial charge >= 0.3 is 0 Å². The highest BCUT2D eigenvalue weighted by molar-refractivity contribution is 7.25. The van der Waals surface area contributed by atoms with E-state index in [4.69, 9.17) is 0 Å². The molecule has 25 heavy (non-hydrogen) atoms. The van der Waals surface area contributed by atoms with Gasteiger partial charge in [-0.2, -0.15) is 0 Å². The topological polar surface area (TPSA) is 32.3 Å². The molecule has 1 heterocycles. The van der Waals surface area contributed by atoms with Gasteiger partial charge in [-0.1, -0.05) is 54.6 Å². The summed E-state index contributed by atoms with van der Waals surface area (Å²) >= 11 is 1.80. The van der Waals surface area contributed by atoms with E-state index in [1.165, 1.54) is 20.2 Å². The minimum Gasteiger partial charge on any atom is -0.380 e. The van der Waals surface area contributed by atoms with Gasteiger partial charge in [0.1, 0.15) is 5.60 Å². The van der Waals surface area contributed by atoms with E-state index in [2.05, 4.69) is 47.8 Å². The Labute approximate surface area is 151 Å². The molecule has 3 aromatic carbocycles. The van der Waals surface area contributed by atoms with Crippen molar-refractivity contribution in [1.82, 2.24) is 5.32 Å². The highest BCUT2D eigenvalue weighted by atomic mass is 32.1. The molecule has 0 amide bonds. The average Bonchev–Trinajstić information content (AvgIpc) is 3.04. The Morgan fingerprint density at radius 1 is 0.840 bits per heavy atom. The van der Waals surface area contributed by atoms with Crippen LogP contribution in [0.4, 0.5) is 0 Å². The summed E-state index contributed by atoms with van der Waals surface area (Å²) in [5.41, 5.74) is 0.885. The third-order valence-electron chi connectivity index (χ3n) is 4.84. The molecule has 0 fully saturated rings. The number of hydrogen-bond donors (Lipinski definition) is 2. The zero-order valence-corrected chi connectivity index (χ0v) is 15.0. The fraction of sp³-hybridized carbons (Fsp3) is 0.182. The van der Waals surface area contributed by atoms with E-state index in [1.54, 1.807) is 11.3 Å². The van der Waals surface area contributed by atoms with Crippen molar-refractivity contribution < 1.29 is 5.11 Å². The Bertz CT molecular complexity index is 1010. The van der Waals surface area contributed by atoms with Gasteiger partial charge in [-0.15, -0.1) is 11.3 Å². The third-order valence-corrected chi connectivity index (χ3v) is 5.99. The molecule has 1 atom stereocenters. The van der Waals surface area contributed by atoms with E-state index in [0.29, 0.717) is 6.42 Å². The van der Waals surface area contributed by atoms with Crippen LogP contribution in [0.2, 0.25) is 0 Å². The van der Waals surface area contributed by atoms with Crippen LogP contribution in [0.1, 0.15) is 17.5 Å². The maximum absolute atomic E-state index is 11.6. The first kappa shape index (κ1) is 16.3. The van der Waals surface area contributed by atoms with Gasteiger partial charge < -0.3 is 10.4 Å². The molecular weight excluding hydrogens is 326 g/mol. The second kappa shape index (κ2) is 6.60. The Kier molecular flexibility index (Phi) is 4.30. The maximum atomic E-state index is 11.6. The molecule has 3 heteroatoms. The van der Waals surface area contributed by atoms with Crippen molar-refractivity contribution in [3.8, 4) is 0 Å². The molecule has 4 rings (SSSR count). The van der Waals surface area contributed by atoms with Crippen molar-refractivity contribution in [2.24, 2.45) is 0 Å². The van der Waals surface area contributed by atoms with Gasteiger partial charge in [0.25, 0.3) is 0 Å². The molecule has 2 nitrogen and oxygen atoms in total. The number of nitrogens with one attached hydrogen (secondary N) is 1. The molecule has 0 aliphatic heterocycles. The standard InChI is InChI=1S/C22H21NOS/c1-23-14-13-22(24,16-7-3-2-4-8-16)17-11-12-21-19(15-17)18-9-5-6-10-20(18)25-21/h2-12,15,23-24H,13-14H2,1H3. The van der Waals surface area contributed by atoms with Crippen molar-refractivity contribution in [2.45, 2.75) is 12.0 Å². The van der Waals surface area contributed by atoms with Gasteiger partial charge in [-0.3, -0.25) is 0 Å². The smallest absolute Gasteiger partial charge is 0.116 e. The van der Waals surface area contributed by atoms with Crippen LogP contribution in [-0.4, -0.2) is 18.7 Å². The third kappa shape index (κ3) is 2.85. The van der Waals surface area contributed by atoms with Gasteiger partial charge in [-0.25, -0.2) is 0 Å². The minimum atomic E-state index is -0.999. The summed E-state index contributed by atoms with van der Waals surface area (Å²) < 4.78 is 2.54. The summed E-state index contributed by atoms with van der Waals surface area (Å²) in [5.74, 6) is 0. The Hall–Kier alpha value is -2.20. The van der Waals surface area contributed by atoms with Crippen LogP contribution in [0.15, 0.2) is 72.8 Å². The number of rotatable bonds is 5. The Morgan fingerprint density at radius 3 is 2.36 bits per heavy atom. The number of fused-ring (bicyclic) bond motifs is 3. The molecule has 0 aliphatic carbocycles. The molecule has 0 saturated heterocycles. The summed E-state index contributed by atoms with van der Waals surface area (Å²) in [6, 6.07) is 24.8. The molecule has 1 aromatic heterocycles. The highest BCUT2D eigenvalue weighted by Crippen LogP contribution is 2.39. The van der Waals surface area contributed by atoms with E-state index in [-0.39, 0.29) is 0 Å². The van der Waals surface area contributed by atoms with Crippen LogP contribution in [0.25, 0.3) is 20.2 Å². The summed E-state index contributed by atoms with van der Waals surface area (Å²) in [5, 5.41) is 17.3. The Morgan fingerprint density at radius 2 is 1.56 bits per heavy atom. The van der Waals surface area contributed by atoms with Crippen LogP contribution < -0.4 is 5.32 Å². The summed E-state index contributed by atoms with van der Waals surface area (Å²) in [6.45, 7) is 0.744. The normalized spacial score (nSPS) is 14.0. The molecule has 0 saturated carbocycles. The van der Waals surface area contributed by atoms with Crippen molar-refractivity contribution >= 4 is 31.5 Å². The quantitative estimate of drug-likeness (QED) is 0.538. The van der Waals surface area contributed by atoms with Gasteiger partial charge in [-0.05, 0) is 49.3 Å². The van der Waals surface area contributed by atoms with E-state index in [0.717, 1.165) is 17.7 Å². The lowest BCUT2D eigenvalue weighted by atomic mass is 9.83. The van der Waals surface area contributed by atoms with Crippen LogP contribution in [0, 0.1) is 0 Å². The molecule has 0 radical (unpaired) electrons. The first-order chi connectivity index (χ1) is 12.2. The number of aliphatic hydroxyl groups is 1. The monoisotopic (exact) mass is 347 g/mol. The minimum absolute atomic E-state index is 0.626. The van der Waals surface area contributed by atoms with Crippen molar-refractivity contribution in [1.29, 1.82) is 0 Å². The second-order valence-electron chi connectivity index (χ2n) is 6.39. The summed E-state index contributed by atoms with van der Waals surface area (Å²) in [7, 11) is 1.92. The van der Waals surface area contributed by atoms with E-state index in [1.807, 2.05) is 37.4 Å². The van der Waals surface area contributed by atoms with E-state index in [9.17, 15) is 5.11 Å². The molecule has 126 valence electrons. The average molecular weight is 347 g/mol. The molecule has 2 N–H and O–H groups in total. The van der Waals surface area contributed by atoms with Gasteiger partial charge in [0.2, 0.25) is 0 Å². The van der Waals surface area contributed by atoms with Crippen molar-refractivity contribution in [2.75, 3.05) is 13.6 Å². The van der Waals surface area contributed by atoms with Crippen LogP contribution in [0.5, 0.6) is 0 Å². The molecule has 1 unspecified atom stereocenters. The van der Waals surface area contributed by atoms with Gasteiger partial charge in [0.15, 0.2) is 0 Å². The lowest BCUT2D eigenvalue weighted by molar-refractivity contribution is 0.0718. The fourth-order valence-electron chi connectivity index (χ4n) is 3.46. The SMILES string of the molecule is CNCCC(O)(c1ccccc1)c1ccc2sc3ccccc3c2c1. The molecule has 0 bridgehead atoms. The lowest BCUT2D eigenvalue weighted by Gasteiger charge is -2.29. The predicted molar refractivity (Wildman–Crippen MR) is 107 cm³/mol. The van der Waals surface area contributed by atoms with Gasteiger partial charge in [0, 0.05) is 20.2 Å². The fourth-order valence-corrected chi connectivity index (χ4v) is 4.54. The molecule has 4 aromatic rings. The predicted octanol–water partition coefficient (Wildman–Crippen LogP) is 4.90. The second-order valence-corrected chi connectivity index (χ2v) is 7.47. The Balaban J connectivity index is 1.90. The summed E-state index contributed by atoms with van der Waals surface area (Å²) in [4.78, 5) is 0. The van der Waals surface area contributed by atoms with E-state index >= 15 is 0 Å². The molecular formula is C22H21NOS. The zero-order chi connectivity index (χ0) is 17.3. The van der Waals surface area contributed by atoms with Crippen LogP contribution in [-0.2, 0) is 5.60 Å². The van der Waals surface area contributed by atoms with E-state index < -0.39 is 5.60 Å². The highest BCUT2D eigenvalue weighted by Gasteiger charge is 2.31. The molecule has 0 aliphatic rings. The van der Waals surface area contributed by atoms with Crippen LogP contribution >= 0.6 is 11.3 Å². The maximum Gasteiger partial charge on any atom is 0.116 e. The first-order valence-electron chi connectivity index (χ1n) is 8.57. The van der Waals surface area contributed by atoms with Gasteiger partial charge in [0.05, 0.1) is 0 Å². The first-order valence-corrected chi connectivity index (χ1v) is 9.38. The number of thiophene rings is 1. The number of hydrogen-bond acceptors (Lipinski definition) is 3. The van der Waals surface area contributed by atoms with Crippen LogP contribution in [0.3, 0.4) is 0 Å². The zero-order valence-electron chi connectivity index (χ0n) is 14.2. The molecule has 0 spiro atoms. The largest absolute Gasteiger partial charge is 0.380 e. The number of benzene rings is 3. The summed E-state index contributed by atoms with van der Waals surface area (Å²) in [6.07, 6.45) is 0.626. The van der Waals surface area contributed by atoms with Crippen molar-refractivity contribution in [3.05, 3.63) is 83.9 Å². The van der Waals surface area contributed by atoms with Crippen molar-refractivity contribution in [3.63, 3.8) is 0 Å². The lowest BCUT2D eigenvalue weighted by Crippen LogP contribution is -2.31.